The molecule has 1 heterocycles. The monoisotopic (exact) mass is 503 g/mol. The summed E-state index contributed by atoms with van der Waals surface area (Å²) in [5.74, 6) is 0.520. The van der Waals surface area contributed by atoms with Crippen molar-refractivity contribution in [2.24, 2.45) is 4.40 Å². The van der Waals surface area contributed by atoms with Gasteiger partial charge in [-0.1, -0.05) is 48.5 Å². The van der Waals surface area contributed by atoms with Crippen molar-refractivity contribution in [2.75, 3.05) is 19.4 Å². The third-order valence-corrected chi connectivity index (χ3v) is 7.13. The van der Waals surface area contributed by atoms with Gasteiger partial charge in [0.15, 0.2) is 5.43 Å². The summed E-state index contributed by atoms with van der Waals surface area (Å²) in [5.41, 5.74) is 3.81. The van der Waals surface area contributed by atoms with E-state index in [0.717, 1.165) is 16.7 Å². The first-order valence-electron chi connectivity index (χ1n) is 11.5. The highest BCUT2D eigenvalue weighted by atomic mass is 32.2. The van der Waals surface area contributed by atoms with Gasteiger partial charge in [0.05, 0.1) is 17.1 Å². The maximum Gasteiger partial charge on any atom is 0.285 e. The van der Waals surface area contributed by atoms with Crippen molar-refractivity contribution >= 4 is 33.0 Å². The second-order valence-electron chi connectivity index (χ2n) is 9.00. The Morgan fingerprint density at radius 1 is 1.00 bits per heavy atom. The van der Waals surface area contributed by atoms with Crippen LogP contribution in [-0.4, -0.2) is 33.8 Å². The van der Waals surface area contributed by atoms with Crippen LogP contribution in [0.25, 0.3) is 22.3 Å². The van der Waals surface area contributed by atoms with Crippen LogP contribution in [0.2, 0.25) is 0 Å². The van der Waals surface area contributed by atoms with Crippen molar-refractivity contribution in [1.29, 1.82) is 0 Å². The third-order valence-electron chi connectivity index (χ3n) is 5.85. The molecule has 0 unspecified atom stereocenters. The van der Waals surface area contributed by atoms with Crippen LogP contribution in [0, 0.1) is 13.8 Å². The van der Waals surface area contributed by atoms with E-state index >= 15 is 0 Å². The molecule has 36 heavy (non-hydrogen) atoms. The van der Waals surface area contributed by atoms with E-state index in [9.17, 15) is 13.2 Å². The van der Waals surface area contributed by atoms with Gasteiger partial charge in [0.2, 0.25) is 0 Å². The van der Waals surface area contributed by atoms with Crippen LogP contribution in [0.5, 0.6) is 0 Å². The van der Waals surface area contributed by atoms with Gasteiger partial charge in [-0.15, -0.1) is 4.40 Å². The maximum absolute atomic E-state index is 13.3. The fraction of sp³-hybridized carbons (Fsp3) is 0.214. The minimum atomic E-state index is -3.93. The Morgan fingerprint density at radius 2 is 1.67 bits per heavy atom. The number of fused-ring (bicyclic) bond motifs is 1. The van der Waals surface area contributed by atoms with E-state index < -0.39 is 10.0 Å². The number of anilines is 1. The van der Waals surface area contributed by atoms with Gasteiger partial charge in [-0.25, -0.2) is 0 Å². The van der Waals surface area contributed by atoms with Crippen molar-refractivity contribution in [3.63, 3.8) is 0 Å². The molecule has 4 rings (SSSR count). The summed E-state index contributed by atoms with van der Waals surface area (Å²) in [5, 5.41) is 3.80. The SMILES string of the molecule is Cc1cc([C@@H](C)Nc2ccccc2S(=O)(=O)/N=C/N(C)C)c2oc(-c3ccccc3)c(C)c(=O)c2c1. The molecule has 0 saturated heterocycles. The van der Waals surface area contributed by atoms with Gasteiger partial charge in [0.25, 0.3) is 10.0 Å². The highest BCUT2D eigenvalue weighted by Gasteiger charge is 2.22. The summed E-state index contributed by atoms with van der Waals surface area (Å²) < 4.78 is 36.0. The van der Waals surface area contributed by atoms with Crippen LogP contribution in [-0.2, 0) is 10.0 Å². The summed E-state index contributed by atoms with van der Waals surface area (Å²) in [6, 6.07) is 19.5. The molecule has 0 aliphatic carbocycles. The first kappa shape index (κ1) is 25.2. The lowest BCUT2D eigenvalue weighted by atomic mass is 9.99. The quantitative estimate of drug-likeness (QED) is 0.263. The van der Waals surface area contributed by atoms with Gasteiger partial charge in [0.1, 0.15) is 22.6 Å². The second kappa shape index (κ2) is 9.99. The molecule has 0 aliphatic rings. The number of para-hydroxylation sites is 1. The molecule has 1 atom stereocenters. The third kappa shape index (κ3) is 5.04. The molecule has 0 fully saturated rings. The molecule has 0 spiro atoms. The van der Waals surface area contributed by atoms with Crippen molar-refractivity contribution in [2.45, 2.75) is 31.7 Å². The molecule has 3 aromatic carbocycles. The summed E-state index contributed by atoms with van der Waals surface area (Å²) in [4.78, 5) is 15.0. The van der Waals surface area contributed by atoms with Crippen LogP contribution >= 0.6 is 0 Å². The van der Waals surface area contributed by atoms with E-state index in [2.05, 4.69) is 9.71 Å². The summed E-state index contributed by atoms with van der Waals surface area (Å²) >= 11 is 0. The van der Waals surface area contributed by atoms with Crippen LogP contribution in [0.4, 0.5) is 5.69 Å². The first-order chi connectivity index (χ1) is 17.1. The number of hydrogen-bond acceptors (Lipinski definition) is 5. The van der Waals surface area contributed by atoms with Crippen LogP contribution < -0.4 is 10.7 Å². The van der Waals surface area contributed by atoms with Gasteiger partial charge < -0.3 is 14.6 Å². The highest BCUT2D eigenvalue weighted by Crippen LogP contribution is 2.33. The van der Waals surface area contributed by atoms with E-state index in [1.807, 2.05) is 56.3 Å². The number of rotatable bonds is 7. The minimum Gasteiger partial charge on any atom is -0.455 e. The lowest BCUT2D eigenvalue weighted by molar-refractivity contribution is 0.595. The molecule has 0 amide bonds. The number of nitrogens with one attached hydrogen (secondary N) is 1. The molecular formula is C28H29N3O4S. The average molecular weight is 504 g/mol. The number of hydrogen-bond donors (Lipinski definition) is 1. The zero-order chi connectivity index (χ0) is 26.0. The molecule has 1 N–H and O–H groups in total. The Hall–Kier alpha value is -3.91. The Kier molecular flexibility index (Phi) is 6.99. The molecule has 7 nitrogen and oxygen atoms in total. The van der Waals surface area contributed by atoms with Gasteiger partial charge in [-0.3, -0.25) is 4.79 Å². The fourth-order valence-electron chi connectivity index (χ4n) is 4.09. The highest BCUT2D eigenvalue weighted by molar-refractivity contribution is 7.90. The van der Waals surface area contributed by atoms with E-state index in [-0.39, 0.29) is 16.4 Å². The summed E-state index contributed by atoms with van der Waals surface area (Å²) in [7, 11) is -0.524. The Morgan fingerprint density at radius 3 is 2.36 bits per heavy atom. The molecule has 0 bridgehead atoms. The first-order valence-corrected chi connectivity index (χ1v) is 13.0. The predicted octanol–water partition coefficient (Wildman–Crippen LogP) is 5.53. The minimum absolute atomic E-state index is 0.0641. The second-order valence-corrected chi connectivity index (χ2v) is 10.6. The van der Waals surface area contributed by atoms with Gasteiger partial charge in [-0.05, 0) is 44.5 Å². The molecular weight excluding hydrogens is 474 g/mol. The average Bonchev–Trinajstić information content (AvgIpc) is 2.85. The Bertz CT molecular complexity index is 1610. The number of nitrogens with zero attached hydrogens (tertiary/aromatic N) is 2. The molecule has 1 aromatic heterocycles. The predicted molar refractivity (Wildman–Crippen MR) is 145 cm³/mol. The van der Waals surface area contributed by atoms with Crippen LogP contribution in [0.1, 0.15) is 29.7 Å². The molecule has 4 aromatic rings. The van der Waals surface area contributed by atoms with Gasteiger partial charge >= 0.3 is 0 Å². The topological polar surface area (TPSA) is 92.0 Å². The van der Waals surface area contributed by atoms with Gasteiger partial charge in [0, 0.05) is 30.8 Å². The lowest BCUT2D eigenvalue weighted by Crippen LogP contribution is -2.14. The standard InChI is InChI=1S/C28H29N3O4S/c1-18-15-22(20(3)30-24-13-9-10-14-25(24)36(33,34)29-17-31(4)5)28-23(16-18)26(32)19(2)27(35-28)21-11-7-6-8-12-21/h6-17,20,30H,1-5H3/b29-17+/t20-/m1/s1. The van der Waals surface area contributed by atoms with E-state index in [4.69, 9.17) is 4.42 Å². The number of benzene rings is 3. The zero-order valence-corrected chi connectivity index (χ0v) is 21.8. The van der Waals surface area contributed by atoms with Crippen molar-refractivity contribution in [1.82, 2.24) is 4.90 Å². The Balaban J connectivity index is 1.83. The lowest BCUT2D eigenvalue weighted by Gasteiger charge is -2.20. The molecule has 186 valence electrons. The van der Waals surface area contributed by atoms with Crippen LogP contribution in [0.3, 0.4) is 0 Å². The zero-order valence-electron chi connectivity index (χ0n) is 20.9. The summed E-state index contributed by atoms with van der Waals surface area (Å²) in [6.45, 7) is 5.60. The smallest absolute Gasteiger partial charge is 0.285 e. The van der Waals surface area contributed by atoms with Crippen molar-refractivity contribution < 1.29 is 12.8 Å². The number of aryl methyl sites for hydroxylation is 1. The van der Waals surface area contributed by atoms with E-state index in [1.165, 1.54) is 12.4 Å². The van der Waals surface area contributed by atoms with Gasteiger partial charge in [-0.2, -0.15) is 8.42 Å². The fourth-order valence-corrected chi connectivity index (χ4v) is 5.17. The van der Waals surface area contributed by atoms with E-state index in [0.29, 0.717) is 28.0 Å². The summed E-state index contributed by atoms with van der Waals surface area (Å²) in [6.07, 6.45) is 1.26. The molecule has 0 saturated carbocycles. The molecule has 8 heteroatoms. The normalized spacial score (nSPS) is 12.7. The van der Waals surface area contributed by atoms with Crippen molar-refractivity contribution in [3.05, 3.63) is 93.6 Å². The largest absolute Gasteiger partial charge is 0.455 e. The Labute approximate surface area is 211 Å². The van der Waals surface area contributed by atoms with Crippen molar-refractivity contribution in [3.8, 4) is 11.3 Å². The molecule has 0 aliphatic heterocycles. The molecule has 0 radical (unpaired) electrons. The maximum atomic E-state index is 13.3. The van der Waals surface area contributed by atoms with Crippen LogP contribution in [0.15, 0.2) is 85.2 Å². The number of sulfonamides is 1. The van der Waals surface area contributed by atoms with E-state index in [1.54, 1.807) is 44.1 Å².